The maximum atomic E-state index is 10.4. The Morgan fingerprint density at radius 3 is 2.19 bits per heavy atom. The zero-order valence-electron chi connectivity index (χ0n) is 15.5. The summed E-state index contributed by atoms with van der Waals surface area (Å²) in [4.78, 5) is 10.4. The average molecular weight is 356 g/mol. The van der Waals surface area contributed by atoms with Gasteiger partial charge in [-0.3, -0.25) is 4.79 Å². The van der Waals surface area contributed by atoms with E-state index in [1.54, 1.807) is 27.4 Å². The highest BCUT2D eigenvalue weighted by Gasteiger charge is 2.12. The van der Waals surface area contributed by atoms with Crippen molar-refractivity contribution in [2.24, 2.45) is 0 Å². The third-order valence-corrected chi connectivity index (χ3v) is 3.85. The van der Waals surface area contributed by atoms with E-state index in [0.717, 1.165) is 17.4 Å². The van der Waals surface area contributed by atoms with E-state index in [1.807, 2.05) is 43.3 Å². The van der Waals surface area contributed by atoms with Crippen LogP contribution in [0.15, 0.2) is 42.5 Å². The number of rotatable bonds is 9. The number of hydrogen-bond acceptors (Lipinski definition) is 5. The van der Waals surface area contributed by atoms with Crippen molar-refractivity contribution in [2.45, 2.75) is 19.4 Å². The lowest BCUT2D eigenvalue weighted by molar-refractivity contribution is -0.104. The first-order valence-electron chi connectivity index (χ1n) is 8.28. The number of hydrogen-bond donors (Lipinski definition) is 0. The van der Waals surface area contributed by atoms with Crippen LogP contribution in [0.1, 0.15) is 18.1 Å². The van der Waals surface area contributed by atoms with Crippen molar-refractivity contribution in [3.63, 3.8) is 0 Å². The highest BCUT2D eigenvalue weighted by molar-refractivity contribution is 5.74. The van der Waals surface area contributed by atoms with Crippen molar-refractivity contribution in [3.8, 4) is 23.0 Å². The van der Waals surface area contributed by atoms with Crippen molar-refractivity contribution in [3.05, 3.63) is 53.6 Å². The summed E-state index contributed by atoms with van der Waals surface area (Å²) in [6, 6.07) is 11.4. The van der Waals surface area contributed by atoms with Crippen molar-refractivity contribution >= 4 is 12.4 Å². The topological polar surface area (TPSA) is 54.0 Å². The number of ether oxygens (including phenoxy) is 4. The number of methoxy groups -OCH3 is 3. The molecule has 0 aliphatic rings. The molecule has 0 aliphatic heterocycles. The summed E-state index contributed by atoms with van der Waals surface area (Å²) in [6.07, 6.45) is 4.53. The quantitative estimate of drug-likeness (QED) is 0.503. The van der Waals surface area contributed by atoms with E-state index in [-0.39, 0.29) is 6.10 Å². The molecule has 5 nitrogen and oxygen atoms in total. The van der Waals surface area contributed by atoms with Crippen LogP contribution in [0.5, 0.6) is 23.0 Å². The zero-order valence-corrected chi connectivity index (χ0v) is 15.5. The molecule has 0 spiro atoms. The largest absolute Gasteiger partial charge is 0.493 e. The molecular formula is C21H24O5. The Morgan fingerprint density at radius 2 is 1.54 bits per heavy atom. The Morgan fingerprint density at radius 1 is 0.885 bits per heavy atom. The van der Waals surface area contributed by atoms with Gasteiger partial charge in [0.2, 0.25) is 0 Å². The minimum Gasteiger partial charge on any atom is -0.493 e. The van der Waals surface area contributed by atoms with E-state index in [9.17, 15) is 4.79 Å². The summed E-state index contributed by atoms with van der Waals surface area (Å²) in [7, 11) is 4.82. The van der Waals surface area contributed by atoms with Crippen LogP contribution in [0, 0.1) is 0 Å². The van der Waals surface area contributed by atoms with Gasteiger partial charge in [0.25, 0.3) is 0 Å². The predicted molar refractivity (Wildman–Crippen MR) is 101 cm³/mol. The van der Waals surface area contributed by atoms with Gasteiger partial charge in [-0.05, 0) is 48.4 Å². The molecule has 2 aromatic carbocycles. The fourth-order valence-corrected chi connectivity index (χ4v) is 2.63. The van der Waals surface area contributed by atoms with Crippen LogP contribution in [-0.4, -0.2) is 33.7 Å². The van der Waals surface area contributed by atoms with Gasteiger partial charge in [0, 0.05) is 6.42 Å². The molecule has 0 aliphatic carbocycles. The van der Waals surface area contributed by atoms with Gasteiger partial charge < -0.3 is 18.9 Å². The summed E-state index contributed by atoms with van der Waals surface area (Å²) in [5.74, 6) is 2.67. The molecule has 2 rings (SSSR count). The second kappa shape index (κ2) is 9.51. The van der Waals surface area contributed by atoms with Crippen LogP contribution in [0.3, 0.4) is 0 Å². The summed E-state index contributed by atoms with van der Waals surface area (Å²) < 4.78 is 22.0. The van der Waals surface area contributed by atoms with Crippen molar-refractivity contribution < 1.29 is 23.7 Å². The smallest absolute Gasteiger partial charge is 0.161 e. The molecule has 0 radical (unpaired) electrons. The summed E-state index contributed by atoms with van der Waals surface area (Å²) in [5.41, 5.74) is 1.95. The second-order valence-electron chi connectivity index (χ2n) is 5.73. The number of benzene rings is 2. The lowest BCUT2D eigenvalue weighted by atomic mass is 10.1. The molecule has 26 heavy (non-hydrogen) atoms. The van der Waals surface area contributed by atoms with Gasteiger partial charge in [-0.1, -0.05) is 18.2 Å². The van der Waals surface area contributed by atoms with E-state index in [1.165, 1.54) is 6.08 Å². The second-order valence-corrected chi connectivity index (χ2v) is 5.73. The Balaban J connectivity index is 2.10. The van der Waals surface area contributed by atoms with Gasteiger partial charge >= 0.3 is 0 Å². The van der Waals surface area contributed by atoms with Crippen LogP contribution in [0.4, 0.5) is 0 Å². The maximum absolute atomic E-state index is 10.4. The van der Waals surface area contributed by atoms with E-state index in [2.05, 4.69) is 0 Å². The molecule has 0 heterocycles. The van der Waals surface area contributed by atoms with E-state index < -0.39 is 0 Å². The van der Waals surface area contributed by atoms with E-state index >= 15 is 0 Å². The highest BCUT2D eigenvalue weighted by Crippen LogP contribution is 2.31. The predicted octanol–water partition coefficient (Wildman–Crippen LogP) is 3.93. The Hall–Kier alpha value is -2.95. The van der Waals surface area contributed by atoms with Gasteiger partial charge in [0.1, 0.15) is 12.4 Å². The molecule has 2 aromatic rings. The Labute approximate surface area is 154 Å². The van der Waals surface area contributed by atoms with Gasteiger partial charge in [0.05, 0.1) is 21.3 Å². The van der Waals surface area contributed by atoms with Crippen molar-refractivity contribution in [2.75, 3.05) is 21.3 Å². The number of allylic oxidation sites excluding steroid dienone is 1. The molecule has 1 atom stereocenters. The highest BCUT2D eigenvalue weighted by atomic mass is 16.5. The van der Waals surface area contributed by atoms with Gasteiger partial charge in [-0.25, -0.2) is 0 Å². The van der Waals surface area contributed by atoms with Crippen molar-refractivity contribution in [1.82, 2.24) is 0 Å². The summed E-state index contributed by atoms with van der Waals surface area (Å²) in [5, 5.41) is 0. The number of carbonyl (C=O) groups excluding carboxylic acids is 1. The molecule has 0 bridgehead atoms. The summed E-state index contributed by atoms with van der Waals surface area (Å²) in [6.45, 7) is 2.00. The molecule has 0 unspecified atom stereocenters. The van der Waals surface area contributed by atoms with Crippen molar-refractivity contribution in [1.29, 1.82) is 0 Å². The molecular weight excluding hydrogens is 332 g/mol. The molecule has 0 amide bonds. The van der Waals surface area contributed by atoms with E-state index in [4.69, 9.17) is 18.9 Å². The minimum absolute atomic E-state index is 0.0710. The number of carbonyl (C=O) groups is 1. The summed E-state index contributed by atoms with van der Waals surface area (Å²) >= 11 is 0. The first-order valence-corrected chi connectivity index (χ1v) is 8.28. The molecule has 0 saturated heterocycles. The van der Waals surface area contributed by atoms with Crippen LogP contribution >= 0.6 is 0 Å². The first-order chi connectivity index (χ1) is 12.6. The number of aldehydes is 1. The minimum atomic E-state index is -0.0710. The first kappa shape index (κ1) is 19.4. The molecule has 0 saturated carbocycles. The lowest BCUT2D eigenvalue weighted by Gasteiger charge is -2.18. The third-order valence-electron chi connectivity index (χ3n) is 3.85. The van der Waals surface area contributed by atoms with Crippen LogP contribution < -0.4 is 18.9 Å². The van der Waals surface area contributed by atoms with Crippen LogP contribution in [-0.2, 0) is 11.2 Å². The maximum Gasteiger partial charge on any atom is 0.161 e. The normalized spacial score (nSPS) is 11.8. The zero-order chi connectivity index (χ0) is 18.9. The third kappa shape index (κ3) is 5.02. The SMILES string of the molecule is COc1ccc(C[C@H](C)Oc2ccc(C=CC=O)cc2OC)cc1OC. The fourth-order valence-electron chi connectivity index (χ4n) is 2.63. The van der Waals surface area contributed by atoms with Gasteiger partial charge in [-0.2, -0.15) is 0 Å². The van der Waals surface area contributed by atoms with Crippen LogP contribution in [0.25, 0.3) is 6.08 Å². The molecule has 0 aromatic heterocycles. The molecule has 0 N–H and O–H groups in total. The molecule has 138 valence electrons. The van der Waals surface area contributed by atoms with Crippen LogP contribution in [0.2, 0.25) is 0 Å². The van der Waals surface area contributed by atoms with Gasteiger partial charge in [0.15, 0.2) is 23.0 Å². The van der Waals surface area contributed by atoms with E-state index in [0.29, 0.717) is 29.4 Å². The average Bonchev–Trinajstić information content (AvgIpc) is 2.66. The molecule has 0 fully saturated rings. The Kier molecular flexibility index (Phi) is 7.09. The Bertz CT molecular complexity index is 767. The monoisotopic (exact) mass is 356 g/mol. The molecule has 5 heteroatoms. The lowest BCUT2D eigenvalue weighted by Crippen LogP contribution is -2.15. The van der Waals surface area contributed by atoms with Gasteiger partial charge in [-0.15, -0.1) is 0 Å². The standard InChI is InChI=1S/C21H24O5/c1-15(12-17-8-9-18(23-2)20(14-17)24-3)26-19-10-7-16(6-5-11-22)13-21(19)25-4/h5-11,13-15H,12H2,1-4H3/t15-/m0/s1. The fraction of sp³-hybridized carbons (Fsp3) is 0.286.